The molecule has 3 heteroatoms. The number of unbranched alkanes of at least 4 members (excludes halogenated alkanes) is 8. The maximum atomic E-state index is 6.05. The van der Waals surface area contributed by atoms with Crippen molar-refractivity contribution in [3.63, 3.8) is 0 Å². The van der Waals surface area contributed by atoms with E-state index in [0.717, 1.165) is 12.8 Å². The second kappa shape index (κ2) is 14.3. The van der Waals surface area contributed by atoms with Gasteiger partial charge in [0.25, 0.3) is 0 Å². The third-order valence-corrected chi connectivity index (χ3v) is 3.67. The first-order valence-corrected chi connectivity index (χ1v) is 8.47. The van der Waals surface area contributed by atoms with Crippen LogP contribution in [0.2, 0.25) is 0 Å². The molecule has 0 saturated heterocycles. The average Bonchev–Trinajstić information content (AvgIpc) is 2.38. The van der Waals surface area contributed by atoms with Crippen LogP contribution in [-0.2, 0) is 0 Å². The van der Waals surface area contributed by atoms with E-state index in [1.54, 1.807) is 0 Å². The first kappa shape index (κ1) is 18.9. The minimum atomic E-state index is 0.0762. The van der Waals surface area contributed by atoms with Crippen LogP contribution in [0, 0.1) is 0 Å². The molecule has 0 heterocycles. The molecule has 19 heavy (non-hydrogen) atoms. The molecule has 5 N–H and O–H groups in total. The lowest BCUT2D eigenvalue weighted by molar-refractivity contribution is 0.382. The Hall–Kier alpha value is -0.120. The van der Waals surface area contributed by atoms with Crippen LogP contribution in [0.1, 0.15) is 90.9 Å². The van der Waals surface area contributed by atoms with Crippen molar-refractivity contribution < 1.29 is 0 Å². The first-order valence-electron chi connectivity index (χ1n) is 8.47. The van der Waals surface area contributed by atoms with Crippen LogP contribution in [0.15, 0.2) is 0 Å². The maximum absolute atomic E-state index is 6.05. The Balaban J connectivity index is 3.34. The van der Waals surface area contributed by atoms with Crippen molar-refractivity contribution in [1.82, 2.24) is 5.32 Å². The van der Waals surface area contributed by atoms with Crippen molar-refractivity contribution in [2.24, 2.45) is 11.5 Å². The number of rotatable bonds is 14. The summed E-state index contributed by atoms with van der Waals surface area (Å²) < 4.78 is 0. The molecule has 0 aliphatic carbocycles. The van der Waals surface area contributed by atoms with Gasteiger partial charge in [-0.1, -0.05) is 78.1 Å². The van der Waals surface area contributed by atoms with Crippen LogP contribution in [0.5, 0.6) is 0 Å². The molecule has 3 nitrogen and oxygen atoms in total. The predicted molar refractivity (Wildman–Crippen MR) is 85.8 cm³/mol. The zero-order valence-corrected chi connectivity index (χ0v) is 13.3. The summed E-state index contributed by atoms with van der Waals surface area (Å²) in [5, 5.41) is 3.32. The van der Waals surface area contributed by atoms with E-state index in [0.29, 0.717) is 0 Å². The van der Waals surface area contributed by atoms with E-state index in [1.807, 2.05) is 0 Å². The summed E-state index contributed by atoms with van der Waals surface area (Å²) in [5.74, 6) is 0. The minimum Gasteiger partial charge on any atom is -0.316 e. The van der Waals surface area contributed by atoms with Crippen LogP contribution in [-0.4, -0.2) is 12.3 Å². The van der Waals surface area contributed by atoms with E-state index in [9.17, 15) is 0 Å². The van der Waals surface area contributed by atoms with Crippen molar-refractivity contribution in [2.75, 3.05) is 0 Å². The standard InChI is InChI=1S/C16H37N3/c1-3-5-7-9-11-13-15(17)19-16(18)14-12-10-8-6-4-2/h15-16,19H,3-14,17-18H2,1-2H3. The number of hydrogen-bond donors (Lipinski definition) is 3. The van der Waals surface area contributed by atoms with Crippen molar-refractivity contribution >= 4 is 0 Å². The van der Waals surface area contributed by atoms with Gasteiger partial charge in [0.05, 0.1) is 12.3 Å². The Morgan fingerprint density at radius 2 is 1.00 bits per heavy atom. The highest BCUT2D eigenvalue weighted by Gasteiger charge is 2.07. The fourth-order valence-corrected chi connectivity index (χ4v) is 2.38. The summed E-state index contributed by atoms with van der Waals surface area (Å²) in [6.07, 6.45) is 15.3. The monoisotopic (exact) mass is 271 g/mol. The second-order valence-electron chi connectivity index (χ2n) is 5.79. The Bertz CT molecular complexity index is 155. The molecule has 116 valence electrons. The van der Waals surface area contributed by atoms with Gasteiger partial charge in [-0.15, -0.1) is 0 Å². The van der Waals surface area contributed by atoms with E-state index in [1.165, 1.54) is 64.2 Å². The Labute approximate surface area is 120 Å². The highest BCUT2D eigenvalue weighted by Crippen LogP contribution is 2.07. The van der Waals surface area contributed by atoms with E-state index in [2.05, 4.69) is 19.2 Å². The Morgan fingerprint density at radius 3 is 1.37 bits per heavy atom. The van der Waals surface area contributed by atoms with E-state index >= 15 is 0 Å². The molecular formula is C16H37N3. The maximum Gasteiger partial charge on any atom is 0.0558 e. The molecule has 0 aromatic carbocycles. The second-order valence-corrected chi connectivity index (χ2v) is 5.79. The third kappa shape index (κ3) is 14.1. The Morgan fingerprint density at radius 1 is 0.632 bits per heavy atom. The summed E-state index contributed by atoms with van der Waals surface area (Å²) in [5.41, 5.74) is 12.1. The minimum absolute atomic E-state index is 0.0762. The molecule has 0 aliphatic rings. The SMILES string of the molecule is CCCCCCCC(N)NC(N)CCCCCCC. The van der Waals surface area contributed by atoms with Gasteiger partial charge in [-0.25, -0.2) is 0 Å². The normalized spacial score (nSPS) is 14.5. The molecule has 0 aromatic rings. The third-order valence-electron chi connectivity index (χ3n) is 3.67. The molecule has 0 rings (SSSR count). The molecule has 2 atom stereocenters. The number of hydrogen-bond acceptors (Lipinski definition) is 3. The molecule has 0 fully saturated rings. The average molecular weight is 271 g/mol. The van der Waals surface area contributed by atoms with Gasteiger partial charge >= 0.3 is 0 Å². The fraction of sp³-hybridized carbons (Fsp3) is 1.00. The highest BCUT2D eigenvalue weighted by atomic mass is 15.1. The summed E-state index contributed by atoms with van der Waals surface area (Å²) in [6, 6.07) is 0. The van der Waals surface area contributed by atoms with Crippen LogP contribution in [0.3, 0.4) is 0 Å². The lowest BCUT2D eigenvalue weighted by atomic mass is 10.1. The van der Waals surface area contributed by atoms with Crippen molar-refractivity contribution in [3.8, 4) is 0 Å². The molecule has 0 aliphatic heterocycles. The lowest BCUT2D eigenvalue weighted by Crippen LogP contribution is -2.48. The van der Waals surface area contributed by atoms with Crippen LogP contribution in [0.4, 0.5) is 0 Å². The molecular weight excluding hydrogens is 234 g/mol. The van der Waals surface area contributed by atoms with Crippen LogP contribution >= 0.6 is 0 Å². The van der Waals surface area contributed by atoms with Crippen molar-refractivity contribution in [3.05, 3.63) is 0 Å². The fourth-order valence-electron chi connectivity index (χ4n) is 2.38. The highest BCUT2D eigenvalue weighted by molar-refractivity contribution is 4.65. The van der Waals surface area contributed by atoms with Gasteiger partial charge in [-0.3, -0.25) is 5.32 Å². The van der Waals surface area contributed by atoms with E-state index in [4.69, 9.17) is 11.5 Å². The van der Waals surface area contributed by atoms with Gasteiger partial charge in [0.15, 0.2) is 0 Å². The molecule has 0 saturated carbocycles. The van der Waals surface area contributed by atoms with Crippen LogP contribution < -0.4 is 16.8 Å². The topological polar surface area (TPSA) is 64.1 Å². The summed E-state index contributed by atoms with van der Waals surface area (Å²) in [6.45, 7) is 4.49. The number of nitrogens with two attached hydrogens (primary N) is 2. The molecule has 0 spiro atoms. The zero-order chi connectivity index (χ0) is 14.3. The Kier molecular flexibility index (Phi) is 14.2. The molecule has 0 radical (unpaired) electrons. The van der Waals surface area contributed by atoms with Gasteiger partial charge < -0.3 is 11.5 Å². The van der Waals surface area contributed by atoms with Gasteiger partial charge in [-0.05, 0) is 12.8 Å². The van der Waals surface area contributed by atoms with Crippen molar-refractivity contribution in [1.29, 1.82) is 0 Å². The van der Waals surface area contributed by atoms with Gasteiger partial charge in [-0.2, -0.15) is 0 Å². The van der Waals surface area contributed by atoms with Crippen molar-refractivity contribution in [2.45, 2.75) is 103 Å². The van der Waals surface area contributed by atoms with Gasteiger partial charge in [0.1, 0.15) is 0 Å². The van der Waals surface area contributed by atoms with Gasteiger partial charge in [0.2, 0.25) is 0 Å². The first-order chi connectivity index (χ1) is 9.20. The molecule has 2 unspecified atom stereocenters. The summed E-state index contributed by atoms with van der Waals surface area (Å²) in [4.78, 5) is 0. The molecule has 0 amide bonds. The molecule has 0 bridgehead atoms. The quantitative estimate of drug-likeness (QED) is 0.332. The van der Waals surface area contributed by atoms with Crippen LogP contribution in [0.25, 0.3) is 0 Å². The molecule has 0 aromatic heterocycles. The van der Waals surface area contributed by atoms with Gasteiger partial charge in [0, 0.05) is 0 Å². The smallest absolute Gasteiger partial charge is 0.0558 e. The summed E-state index contributed by atoms with van der Waals surface area (Å²) >= 11 is 0. The zero-order valence-electron chi connectivity index (χ0n) is 13.3. The van der Waals surface area contributed by atoms with E-state index in [-0.39, 0.29) is 12.3 Å². The number of nitrogens with one attached hydrogen (secondary N) is 1. The predicted octanol–water partition coefficient (Wildman–Crippen LogP) is 3.87. The van der Waals surface area contributed by atoms with E-state index < -0.39 is 0 Å². The summed E-state index contributed by atoms with van der Waals surface area (Å²) in [7, 11) is 0. The lowest BCUT2D eigenvalue weighted by Gasteiger charge is -2.19. The largest absolute Gasteiger partial charge is 0.316 e.